The number of anilines is 1. The predicted octanol–water partition coefficient (Wildman–Crippen LogP) is 0.690. The molecule has 0 saturated carbocycles. The lowest BCUT2D eigenvalue weighted by atomic mass is 10.0. The van der Waals surface area contributed by atoms with Gasteiger partial charge in [0.05, 0.1) is 0 Å². The van der Waals surface area contributed by atoms with Crippen LogP contribution in [0.5, 0.6) is 0 Å². The number of carbonyl (C=O) groups is 2. The maximum atomic E-state index is 11.9. The summed E-state index contributed by atoms with van der Waals surface area (Å²) in [5.74, 6) is 0.467. The van der Waals surface area contributed by atoms with E-state index in [0.29, 0.717) is 18.3 Å². The minimum Gasteiger partial charge on any atom is -0.354 e. The first-order valence-corrected chi connectivity index (χ1v) is 7.87. The molecule has 3 amide bonds. The van der Waals surface area contributed by atoms with Gasteiger partial charge in [0.2, 0.25) is 0 Å². The fourth-order valence-electron chi connectivity index (χ4n) is 2.65. The molecule has 8 heteroatoms. The van der Waals surface area contributed by atoms with Gasteiger partial charge in [-0.05, 0) is 44.5 Å². The molecule has 1 aromatic rings. The van der Waals surface area contributed by atoms with E-state index in [-0.39, 0.29) is 17.6 Å². The second-order valence-electron chi connectivity index (χ2n) is 5.84. The van der Waals surface area contributed by atoms with Crippen molar-refractivity contribution in [1.29, 1.82) is 0 Å². The largest absolute Gasteiger partial charge is 0.354 e. The fraction of sp³-hybridized carbons (Fsp3) is 0.600. The topological polar surface area (TPSA) is 99.2 Å². The molecule has 1 aliphatic heterocycles. The molecule has 0 bridgehead atoms. The Balaban J connectivity index is 1.79. The molecule has 0 aromatic carbocycles. The third-order valence-corrected chi connectivity index (χ3v) is 3.89. The van der Waals surface area contributed by atoms with E-state index in [4.69, 9.17) is 0 Å². The van der Waals surface area contributed by atoms with Gasteiger partial charge >= 0.3 is 6.03 Å². The van der Waals surface area contributed by atoms with Crippen molar-refractivity contribution in [2.75, 3.05) is 39.0 Å². The van der Waals surface area contributed by atoms with Gasteiger partial charge in [0, 0.05) is 20.1 Å². The average molecular weight is 320 g/mol. The standard InChI is InChI=1S/C15H24N6O2/c1-16-14(22)12-6-7-13(20-19-12)18-15(23)17-9-11-5-3-4-8-21(2)10-11/h6-7,11H,3-5,8-10H2,1-2H3,(H,16,22)(H2,17,18,20,23). The van der Waals surface area contributed by atoms with Crippen molar-refractivity contribution in [3.05, 3.63) is 17.8 Å². The van der Waals surface area contributed by atoms with E-state index in [1.165, 1.54) is 26.0 Å². The normalized spacial score (nSPS) is 18.8. The molecule has 1 aliphatic rings. The summed E-state index contributed by atoms with van der Waals surface area (Å²) in [6.07, 6.45) is 3.54. The first-order valence-electron chi connectivity index (χ1n) is 7.87. The highest BCUT2D eigenvalue weighted by atomic mass is 16.2. The van der Waals surface area contributed by atoms with Gasteiger partial charge in [-0.25, -0.2) is 4.79 Å². The van der Waals surface area contributed by atoms with E-state index in [1.807, 2.05) is 0 Å². The number of urea groups is 1. The van der Waals surface area contributed by atoms with Crippen LogP contribution < -0.4 is 16.0 Å². The SMILES string of the molecule is CNC(=O)c1ccc(NC(=O)NCC2CCCCN(C)C2)nn1. The van der Waals surface area contributed by atoms with Crippen molar-refractivity contribution < 1.29 is 9.59 Å². The summed E-state index contributed by atoms with van der Waals surface area (Å²) < 4.78 is 0. The summed E-state index contributed by atoms with van der Waals surface area (Å²) in [6, 6.07) is 2.76. The lowest BCUT2D eigenvalue weighted by Gasteiger charge is -2.20. The third kappa shape index (κ3) is 5.48. The second kappa shape index (κ2) is 8.42. The van der Waals surface area contributed by atoms with E-state index < -0.39 is 0 Å². The molecule has 2 heterocycles. The predicted molar refractivity (Wildman–Crippen MR) is 87.3 cm³/mol. The molecule has 1 atom stereocenters. The smallest absolute Gasteiger partial charge is 0.320 e. The van der Waals surface area contributed by atoms with Crippen LogP contribution in [0.3, 0.4) is 0 Å². The van der Waals surface area contributed by atoms with Crippen LogP contribution in [-0.2, 0) is 0 Å². The number of hydrogen-bond donors (Lipinski definition) is 3. The van der Waals surface area contributed by atoms with Gasteiger partial charge in [0.25, 0.3) is 5.91 Å². The molecule has 0 aliphatic carbocycles. The Morgan fingerprint density at radius 2 is 2.13 bits per heavy atom. The second-order valence-corrected chi connectivity index (χ2v) is 5.84. The lowest BCUT2D eigenvalue weighted by Crippen LogP contribution is -2.36. The van der Waals surface area contributed by atoms with E-state index >= 15 is 0 Å². The van der Waals surface area contributed by atoms with Crippen molar-refractivity contribution in [3.63, 3.8) is 0 Å². The van der Waals surface area contributed by atoms with Gasteiger partial charge in [0.15, 0.2) is 11.5 Å². The zero-order valence-corrected chi connectivity index (χ0v) is 13.6. The third-order valence-electron chi connectivity index (χ3n) is 3.89. The quantitative estimate of drug-likeness (QED) is 0.758. The summed E-state index contributed by atoms with van der Waals surface area (Å²) in [7, 11) is 3.64. The summed E-state index contributed by atoms with van der Waals surface area (Å²) in [5, 5.41) is 15.5. The Kier molecular flexibility index (Phi) is 6.28. The summed E-state index contributed by atoms with van der Waals surface area (Å²) in [4.78, 5) is 25.6. The minimum absolute atomic E-state index is 0.208. The molecular formula is C15H24N6O2. The van der Waals surface area contributed by atoms with Crippen LogP contribution in [-0.4, -0.2) is 60.8 Å². The Morgan fingerprint density at radius 1 is 1.30 bits per heavy atom. The number of nitrogens with zero attached hydrogens (tertiary/aromatic N) is 3. The Labute approximate surface area is 136 Å². The summed E-state index contributed by atoms with van der Waals surface area (Å²) in [5.41, 5.74) is 0.208. The van der Waals surface area contributed by atoms with Crippen LogP contribution in [0.4, 0.5) is 10.6 Å². The zero-order chi connectivity index (χ0) is 16.7. The van der Waals surface area contributed by atoms with Crippen molar-refractivity contribution in [3.8, 4) is 0 Å². The molecule has 2 rings (SSSR count). The highest BCUT2D eigenvalue weighted by Gasteiger charge is 2.16. The van der Waals surface area contributed by atoms with E-state index in [1.54, 1.807) is 6.07 Å². The van der Waals surface area contributed by atoms with Gasteiger partial charge in [-0.1, -0.05) is 6.42 Å². The number of aromatic nitrogens is 2. The molecule has 0 radical (unpaired) electrons. The van der Waals surface area contributed by atoms with Crippen LogP contribution in [0.2, 0.25) is 0 Å². The molecule has 126 valence electrons. The molecular weight excluding hydrogens is 296 g/mol. The number of nitrogens with one attached hydrogen (secondary N) is 3. The first-order chi connectivity index (χ1) is 11.1. The molecule has 3 N–H and O–H groups in total. The van der Waals surface area contributed by atoms with Gasteiger partial charge in [-0.2, -0.15) is 0 Å². The van der Waals surface area contributed by atoms with Crippen LogP contribution in [0.25, 0.3) is 0 Å². The number of likely N-dealkylation sites (tertiary alicyclic amines) is 1. The number of amides is 3. The van der Waals surface area contributed by atoms with Gasteiger partial charge in [0.1, 0.15) is 0 Å². The van der Waals surface area contributed by atoms with Gasteiger partial charge in [-0.15, -0.1) is 10.2 Å². The number of rotatable bonds is 4. The Morgan fingerprint density at radius 3 is 2.83 bits per heavy atom. The number of carbonyl (C=O) groups excluding carboxylic acids is 2. The highest BCUT2D eigenvalue weighted by molar-refractivity contribution is 5.92. The van der Waals surface area contributed by atoms with Gasteiger partial charge < -0.3 is 15.5 Å². The maximum absolute atomic E-state index is 11.9. The van der Waals surface area contributed by atoms with Crippen LogP contribution >= 0.6 is 0 Å². The van der Waals surface area contributed by atoms with Crippen LogP contribution in [0.15, 0.2) is 12.1 Å². The summed E-state index contributed by atoms with van der Waals surface area (Å²) in [6.45, 7) is 2.76. The average Bonchev–Trinajstić information content (AvgIpc) is 2.77. The molecule has 1 fully saturated rings. The van der Waals surface area contributed by atoms with Crippen molar-refractivity contribution in [2.24, 2.45) is 5.92 Å². The lowest BCUT2D eigenvalue weighted by molar-refractivity contribution is 0.0957. The summed E-state index contributed by atoms with van der Waals surface area (Å²) >= 11 is 0. The molecule has 1 aromatic heterocycles. The Bertz CT molecular complexity index is 533. The van der Waals surface area contributed by atoms with Crippen molar-refractivity contribution in [2.45, 2.75) is 19.3 Å². The zero-order valence-electron chi connectivity index (χ0n) is 13.6. The molecule has 1 saturated heterocycles. The van der Waals surface area contributed by atoms with Crippen molar-refractivity contribution >= 4 is 17.8 Å². The molecule has 23 heavy (non-hydrogen) atoms. The van der Waals surface area contributed by atoms with Crippen molar-refractivity contribution in [1.82, 2.24) is 25.7 Å². The van der Waals surface area contributed by atoms with E-state index in [9.17, 15) is 9.59 Å². The minimum atomic E-state index is -0.314. The fourth-order valence-corrected chi connectivity index (χ4v) is 2.65. The Hall–Kier alpha value is -2.22. The van der Waals surface area contributed by atoms with E-state index in [2.05, 4.69) is 38.1 Å². The monoisotopic (exact) mass is 320 g/mol. The van der Waals surface area contributed by atoms with Crippen LogP contribution in [0, 0.1) is 5.92 Å². The highest BCUT2D eigenvalue weighted by Crippen LogP contribution is 2.14. The van der Waals surface area contributed by atoms with E-state index in [0.717, 1.165) is 19.5 Å². The number of hydrogen-bond acceptors (Lipinski definition) is 5. The molecule has 8 nitrogen and oxygen atoms in total. The molecule has 1 unspecified atom stereocenters. The first kappa shape index (κ1) is 17.1. The van der Waals surface area contributed by atoms with Crippen LogP contribution in [0.1, 0.15) is 29.8 Å². The molecule has 0 spiro atoms. The van der Waals surface area contributed by atoms with Gasteiger partial charge in [-0.3, -0.25) is 10.1 Å². The maximum Gasteiger partial charge on any atom is 0.320 e.